The molecule has 0 saturated heterocycles. The van der Waals surface area contributed by atoms with Crippen LogP contribution in [0.15, 0.2) is 30.3 Å². The number of aliphatic carboxylic acids is 1. The molecule has 0 aliphatic heterocycles. The minimum atomic E-state index is -1.14. The van der Waals surface area contributed by atoms with E-state index in [1.54, 1.807) is 0 Å². The molecular formula is C15H20N2O5S. The highest BCUT2D eigenvalue weighted by Gasteiger charge is 2.21. The van der Waals surface area contributed by atoms with Crippen molar-refractivity contribution in [2.75, 3.05) is 18.6 Å². The number of ether oxygens (including phenoxy) is 1. The van der Waals surface area contributed by atoms with Gasteiger partial charge in [0, 0.05) is 0 Å². The van der Waals surface area contributed by atoms with Crippen LogP contribution >= 0.6 is 11.8 Å². The molecule has 23 heavy (non-hydrogen) atoms. The molecule has 7 nitrogen and oxygen atoms in total. The van der Waals surface area contributed by atoms with E-state index in [4.69, 9.17) is 9.84 Å². The highest BCUT2D eigenvalue weighted by molar-refractivity contribution is 7.98. The fraction of sp³-hybridized carbons (Fsp3) is 0.400. The molecule has 0 aliphatic rings. The van der Waals surface area contributed by atoms with Crippen molar-refractivity contribution < 1.29 is 24.2 Å². The standard InChI is InChI=1S/C15H20N2O5S/c1-23-8-7-12(14(20)16-9-13(18)19)17-15(21)22-10-11-5-3-2-4-6-11/h2-6,12H,7-10H2,1H3,(H,16,20)(H,17,21)(H,18,19)/t12-/m1/s1. The first-order chi connectivity index (χ1) is 11.0. The number of rotatable bonds is 9. The van der Waals surface area contributed by atoms with Gasteiger partial charge in [0.2, 0.25) is 5.91 Å². The molecule has 2 amide bonds. The van der Waals surface area contributed by atoms with Crippen molar-refractivity contribution in [2.45, 2.75) is 19.1 Å². The maximum absolute atomic E-state index is 11.9. The number of carbonyl (C=O) groups is 3. The number of nitrogens with one attached hydrogen (secondary N) is 2. The zero-order valence-electron chi connectivity index (χ0n) is 12.8. The van der Waals surface area contributed by atoms with Gasteiger partial charge in [0.05, 0.1) is 0 Å². The lowest BCUT2D eigenvalue weighted by Gasteiger charge is -2.17. The first kappa shape index (κ1) is 18.8. The van der Waals surface area contributed by atoms with Crippen molar-refractivity contribution >= 4 is 29.7 Å². The first-order valence-electron chi connectivity index (χ1n) is 6.98. The van der Waals surface area contributed by atoms with Crippen molar-refractivity contribution in [1.29, 1.82) is 0 Å². The van der Waals surface area contributed by atoms with Crippen LogP contribution in [0.5, 0.6) is 0 Å². The second kappa shape index (κ2) is 10.5. The molecule has 0 aromatic heterocycles. The summed E-state index contributed by atoms with van der Waals surface area (Å²) in [6.45, 7) is -0.395. The molecule has 0 spiro atoms. The second-order valence-electron chi connectivity index (χ2n) is 4.65. The smallest absolute Gasteiger partial charge is 0.408 e. The summed E-state index contributed by atoms with van der Waals surface area (Å²) in [5.41, 5.74) is 0.832. The lowest BCUT2D eigenvalue weighted by Crippen LogP contribution is -2.48. The van der Waals surface area contributed by atoms with E-state index >= 15 is 0 Å². The maximum Gasteiger partial charge on any atom is 0.408 e. The third kappa shape index (κ3) is 8.10. The van der Waals surface area contributed by atoms with E-state index in [0.717, 1.165) is 5.56 Å². The van der Waals surface area contributed by atoms with Gasteiger partial charge in [-0.1, -0.05) is 30.3 Å². The average molecular weight is 340 g/mol. The normalized spacial score (nSPS) is 11.3. The molecule has 0 aliphatic carbocycles. The quantitative estimate of drug-likeness (QED) is 0.625. The number of carboxylic acids is 1. The summed E-state index contributed by atoms with van der Waals surface area (Å²) in [5.74, 6) is -1.05. The van der Waals surface area contributed by atoms with Gasteiger partial charge in [0.15, 0.2) is 0 Å². The zero-order chi connectivity index (χ0) is 17.1. The Morgan fingerprint density at radius 3 is 2.57 bits per heavy atom. The number of benzene rings is 1. The largest absolute Gasteiger partial charge is 0.480 e. The van der Waals surface area contributed by atoms with E-state index in [2.05, 4.69) is 10.6 Å². The van der Waals surface area contributed by atoms with E-state index in [-0.39, 0.29) is 6.61 Å². The Kier molecular flexibility index (Phi) is 8.59. The Morgan fingerprint density at radius 2 is 1.96 bits per heavy atom. The van der Waals surface area contributed by atoms with E-state index < -0.39 is 30.6 Å². The molecule has 1 aromatic carbocycles. The molecule has 0 radical (unpaired) electrons. The van der Waals surface area contributed by atoms with Crippen molar-refractivity contribution in [3.8, 4) is 0 Å². The number of hydrogen-bond acceptors (Lipinski definition) is 5. The van der Waals surface area contributed by atoms with Gasteiger partial charge >= 0.3 is 12.1 Å². The molecule has 0 heterocycles. The van der Waals surface area contributed by atoms with E-state index in [1.165, 1.54) is 11.8 Å². The Balaban J connectivity index is 2.49. The fourth-order valence-corrected chi connectivity index (χ4v) is 2.17. The van der Waals surface area contributed by atoms with Crippen LogP contribution in [0.3, 0.4) is 0 Å². The maximum atomic E-state index is 11.9. The van der Waals surface area contributed by atoms with Gasteiger partial charge in [-0.05, 0) is 24.0 Å². The number of alkyl carbamates (subject to hydrolysis) is 1. The van der Waals surface area contributed by atoms with Crippen molar-refractivity contribution in [3.05, 3.63) is 35.9 Å². The monoisotopic (exact) mass is 340 g/mol. The Labute approximate surface area is 138 Å². The highest BCUT2D eigenvalue weighted by Crippen LogP contribution is 2.04. The third-order valence-corrected chi connectivity index (χ3v) is 3.49. The summed E-state index contributed by atoms with van der Waals surface area (Å²) in [5, 5.41) is 13.3. The minimum absolute atomic E-state index is 0.0959. The van der Waals surface area contributed by atoms with Crippen LogP contribution in [0, 0.1) is 0 Å². The summed E-state index contributed by atoms with van der Waals surface area (Å²) < 4.78 is 5.06. The summed E-state index contributed by atoms with van der Waals surface area (Å²) in [7, 11) is 0. The van der Waals surface area contributed by atoms with Crippen LogP contribution < -0.4 is 10.6 Å². The summed E-state index contributed by atoms with van der Waals surface area (Å²) >= 11 is 1.52. The molecule has 1 aromatic rings. The predicted molar refractivity (Wildman–Crippen MR) is 87.2 cm³/mol. The van der Waals surface area contributed by atoms with Crippen LogP contribution in [-0.4, -0.2) is 47.7 Å². The van der Waals surface area contributed by atoms with E-state index in [0.29, 0.717) is 12.2 Å². The topological polar surface area (TPSA) is 105 Å². The molecule has 0 bridgehead atoms. The van der Waals surface area contributed by atoms with Crippen LogP contribution in [0.2, 0.25) is 0 Å². The van der Waals surface area contributed by atoms with Crippen molar-refractivity contribution in [3.63, 3.8) is 0 Å². The number of hydrogen-bond donors (Lipinski definition) is 3. The Hall–Kier alpha value is -2.22. The zero-order valence-corrected chi connectivity index (χ0v) is 13.6. The van der Waals surface area contributed by atoms with Crippen LogP contribution in [0.4, 0.5) is 4.79 Å². The van der Waals surface area contributed by atoms with Gasteiger partial charge in [-0.15, -0.1) is 0 Å². The first-order valence-corrected chi connectivity index (χ1v) is 8.38. The van der Waals surface area contributed by atoms with Gasteiger partial charge < -0.3 is 20.5 Å². The molecule has 3 N–H and O–H groups in total. The molecule has 0 fully saturated rings. The number of carboxylic acid groups (broad SMARTS) is 1. The Morgan fingerprint density at radius 1 is 1.26 bits per heavy atom. The predicted octanol–water partition coefficient (Wildman–Crippen LogP) is 1.24. The molecule has 1 rings (SSSR count). The van der Waals surface area contributed by atoms with Crippen molar-refractivity contribution in [1.82, 2.24) is 10.6 Å². The number of amides is 2. The minimum Gasteiger partial charge on any atom is -0.480 e. The third-order valence-electron chi connectivity index (χ3n) is 2.85. The Bertz CT molecular complexity index is 524. The van der Waals surface area contributed by atoms with Gasteiger partial charge in [-0.2, -0.15) is 11.8 Å². The molecule has 1 atom stereocenters. The average Bonchev–Trinajstić information content (AvgIpc) is 2.55. The van der Waals surface area contributed by atoms with Crippen LogP contribution in [0.25, 0.3) is 0 Å². The van der Waals surface area contributed by atoms with Crippen molar-refractivity contribution in [2.24, 2.45) is 0 Å². The van der Waals surface area contributed by atoms with E-state index in [1.807, 2.05) is 36.6 Å². The second-order valence-corrected chi connectivity index (χ2v) is 5.64. The van der Waals surface area contributed by atoms with Gasteiger partial charge in [0.25, 0.3) is 0 Å². The van der Waals surface area contributed by atoms with Gasteiger partial charge in [0.1, 0.15) is 19.2 Å². The number of thioether (sulfide) groups is 1. The molecule has 8 heteroatoms. The number of carbonyl (C=O) groups excluding carboxylic acids is 2. The summed E-state index contributed by atoms with van der Waals surface area (Å²) in [6.07, 6.45) is 1.54. The van der Waals surface area contributed by atoms with E-state index in [9.17, 15) is 14.4 Å². The summed E-state index contributed by atoms with van der Waals surface area (Å²) in [4.78, 5) is 34.2. The lowest BCUT2D eigenvalue weighted by atomic mass is 10.2. The summed E-state index contributed by atoms with van der Waals surface area (Å²) in [6, 6.07) is 8.32. The fourth-order valence-electron chi connectivity index (χ4n) is 1.70. The van der Waals surface area contributed by atoms with Gasteiger partial charge in [-0.3, -0.25) is 9.59 Å². The molecule has 126 valence electrons. The molecule has 0 saturated carbocycles. The lowest BCUT2D eigenvalue weighted by molar-refractivity contribution is -0.138. The van der Waals surface area contributed by atoms with Crippen LogP contribution in [-0.2, 0) is 20.9 Å². The SMILES string of the molecule is CSCC[C@@H](NC(=O)OCc1ccccc1)C(=O)NCC(=O)O. The van der Waals surface area contributed by atoms with Gasteiger partial charge in [-0.25, -0.2) is 4.79 Å². The molecule has 0 unspecified atom stereocenters. The highest BCUT2D eigenvalue weighted by atomic mass is 32.2. The molecular weight excluding hydrogens is 320 g/mol. The van der Waals surface area contributed by atoms with Crippen LogP contribution in [0.1, 0.15) is 12.0 Å².